The summed E-state index contributed by atoms with van der Waals surface area (Å²) in [5.41, 5.74) is 21.6. The molecular formula is C76H50. The molecule has 14 aromatic carbocycles. The van der Waals surface area contributed by atoms with Gasteiger partial charge in [0, 0.05) is 0 Å². The lowest BCUT2D eigenvalue weighted by molar-refractivity contribution is 1.57. The first kappa shape index (κ1) is 44.8. The van der Waals surface area contributed by atoms with Crippen LogP contribution in [0.1, 0.15) is 0 Å². The third kappa shape index (κ3) is 8.05. The maximum Gasteiger partial charge on any atom is -0.00257 e. The maximum absolute atomic E-state index is 2.46. The van der Waals surface area contributed by atoms with Gasteiger partial charge in [-0.1, -0.05) is 261 Å². The Morgan fingerprint density at radius 1 is 0.105 bits per heavy atom. The van der Waals surface area contributed by atoms with Gasteiger partial charge in [-0.15, -0.1) is 0 Å². The molecule has 0 aliphatic rings. The van der Waals surface area contributed by atoms with Crippen molar-refractivity contribution in [2.45, 2.75) is 0 Å². The van der Waals surface area contributed by atoms with E-state index in [2.05, 4.69) is 303 Å². The fourth-order valence-electron chi connectivity index (χ4n) is 11.9. The molecule has 0 bridgehead atoms. The first-order valence-corrected chi connectivity index (χ1v) is 26.3. The van der Waals surface area contributed by atoms with Gasteiger partial charge in [-0.3, -0.25) is 0 Å². The summed E-state index contributed by atoms with van der Waals surface area (Å²) in [6.45, 7) is 0. The Morgan fingerprint density at radius 2 is 0.316 bits per heavy atom. The van der Waals surface area contributed by atoms with Crippen LogP contribution in [0.5, 0.6) is 0 Å². The summed E-state index contributed by atoms with van der Waals surface area (Å²) in [4.78, 5) is 0. The van der Waals surface area contributed by atoms with E-state index in [0.717, 1.165) is 0 Å². The van der Waals surface area contributed by atoms with Crippen LogP contribution in [0.25, 0.3) is 143 Å². The molecule has 0 heterocycles. The van der Waals surface area contributed by atoms with E-state index in [1.54, 1.807) is 0 Å². The fourth-order valence-corrected chi connectivity index (χ4v) is 11.9. The van der Waals surface area contributed by atoms with Gasteiger partial charge in [0.2, 0.25) is 0 Å². The summed E-state index contributed by atoms with van der Waals surface area (Å²) in [6.07, 6.45) is 0. The van der Waals surface area contributed by atoms with Crippen LogP contribution in [-0.2, 0) is 0 Å². The number of benzene rings is 14. The molecule has 0 radical (unpaired) electrons. The van der Waals surface area contributed by atoms with Crippen molar-refractivity contribution in [3.05, 3.63) is 303 Å². The lowest BCUT2D eigenvalue weighted by Gasteiger charge is -2.21. The van der Waals surface area contributed by atoms with E-state index in [1.165, 1.54) is 143 Å². The molecule has 0 unspecified atom stereocenters. The van der Waals surface area contributed by atoms with E-state index in [-0.39, 0.29) is 0 Å². The molecule has 0 spiro atoms. The highest BCUT2D eigenvalue weighted by molar-refractivity contribution is 6.23. The molecule has 0 nitrogen and oxygen atoms in total. The van der Waals surface area contributed by atoms with Crippen molar-refractivity contribution in [3.8, 4) is 100 Å². The lowest BCUT2D eigenvalue weighted by Crippen LogP contribution is -1.94. The van der Waals surface area contributed by atoms with Crippen LogP contribution in [0, 0.1) is 0 Å². The molecule has 0 heteroatoms. The summed E-state index contributed by atoms with van der Waals surface area (Å²) >= 11 is 0. The lowest BCUT2D eigenvalue weighted by atomic mass is 9.82. The average Bonchev–Trinajstić information content (AvgIpc) is 3.56. The van der Waals surface area contributed by atoms with E-state index in [9.17, 15) is 0 Å². The molecule has 0 fully saturated rings. The molecule has 76 heavy (non-hydrogen) atoms. The second-order valence-electron chi connectivity index (χ2n) is 19.9. The van der Waals surface area contributed by atoms with Crippen molar-refractivity contribution < 1.29 is 0 Å². The van der Waals surface area contributed by atoms with Gasteiger partial charge in [0.25, 0.3) is 0 Å². The highest BCUT2D eigenvalue weighted by Crippen LogP contribution is 2.49. The van der Waals surface area contributed by atoms with Gasteiger partial charge >= 0.3 is 0 Å². The maximum atomic E-state index is 2.46. The monoisotopic (exact) mass is 962 g/mol. The molecule has 354 valence electrons. The first-order valence-electron chi connectivity index (χ1n) is 26.3. The molecular weight excluding hydrogens is 913 g/mol. The normalized spacial score (nSPS) is 11.4. The topological polar surface area (TPSA) is 0 Å². The molecule has 0 saturated heterocycles. The van der Waals surface area contributed by atoms with Crippen LogP contribution < -0.4 is 0 Å². The van der Waals surface area contributed by atoms with Crippen LogP contribution in [-0.4, -0.2) is 0 Å². The predicted octanol–water partition coefficient (Wildman–Crippen LogP) is 21.3. The Kier molecular flexibility index (Phi) is 11.3. The fraction of sp³-hybridized carbons (Fsp3) is 0. The number of hydrogen-bond acceptors (Lipinski definition) is 0. The highest BCUT2D eigenvalue weighted by Gasteiger charge is 2.22. The minimum absolute atomic E-state index is 1.17. The van der Waals surface area contributed by atoms with E-state index < -0.39 is 0 Å². The Bertz CT molecular complexity index is 4270. The number of fused-ring (bicyclic) bond motifs is 4. The average molecular weight is 963 g/mol. The third-order valence-electron chi connectivity index (χ3n) is 15.4. The third-order valence-corrected chi connectivity index (χ3v) is 15.4. The molecule has 0 aliphatic carbocycles. The van der Waals surface area contributed by atoms with Crippen molar-refractivity contribution >= 4 is 43.1 Å². The van der Waals surface area contributed by atoms with E-state index in [0.29, 0.717) is 0 Å². The van der Waals surface area contributed by atoms with Crippen LogP contribution in [0.4, 0.5) is 0 Å². The number of rotatable bonds is 9. The Balaban J connectivity index is 1.02. The molecule has 0 aromatic heterocycles. The van der Waals surface area contributed by atoms with Gasteiger partial charge < -0.3 is 0 Å². The quantitative estimate of drug-likeness (QED) is 0.126. The van der Waals surface area contributed by atoms with Crippen molar-refractivity contribution in [1.82, 2.24) is 0 Å². The van der Waals surface area contributed by atoms with Gasteiger partial charge in [0.15, 0.2) is 0 Å². The second kappa shape index (κ2) is 19.2. The molecule has 0 atom stereocenters. The predicted molar refractivity (Wildman–Crippen MR) is 325 cm³/mol. The van der Waals surface area contributed by atoms with Gasteiger partial charge in [-0.2, -0.15) is 0 Å². The van der Waals surface area contributed by atoms with Gasteiger partial charge in [-0.25, -0.2) is 0 Å². The van der Waals surface area contributed by atoms with Crippen molar-refractivity contribution in [2.75, 3.05) is 0 Å². The van der Waals surface area contributed by atoms with Crippen LogP contribution in [0.15, 0.2) is 303 Å². The molecule has 0 N–H and O–H groups in total. The summed E-state index contributed by atoms with van der Waals surface area (Å²) in [5, 5.41) is 9.87. The van der Waals surface area contributed by atoms with E-state index >= 15 is 0 Å². The molecule has 14 aromatic rings. The minimum atomic E-state index is 1.17. The van der Waals surface area contributed by atoms with Crippen LogP contribution in [0.2, 0.25) is 0 Å². The van der Waals surface area contributed by atoms with Gasteiger partial charge in [0.1, 0.15) is 0 Å². The second-order valence-corrected chi connectivity index (χ2v) is 19.9. The van der Waals surface area contributed by atoms with Crippen molar-refractivity contribution in [1.29, 1.82) is 0 Å². The van der Waals surface area contributed by atoms with Gasteiger partial charge in [-0.05, 0) is 186 Å². The number of hydrogen-bond donors (Lipinski definition) is 0. The smallest absolute Gasteiger partial charge is 0.00257 e. The molecule has 0 amide bonds. The summed E-state index contributed by atoms with van der Waals surface area (Å²) < 4.78 is 0. The van der Waals surface area contributed by atoms with Crippen molar-refractivity contribution in [2.24, 2.45) is 0 Å². The Morgan fingerprint density at radius 3 is 0.658 bits per heavy atom. The van der Waals surface area contributed by atoms with Crippen LogP contribution >= 0.6 is 0 Å². The largest absolute Gasteiger partial charge is 0.0622 e. The summed E-state index contributed by atoms with van der Waals surface area (Å²) in [7, 11) is 0. The van der Waals surface area contributed by atoms with Gasteiger partial charge in [0.05, 0.1) is 0 Å². The summed E-state index contributed by atoms with van der Waals surface area (Å²) in [6, 6.07) is 112. The molecule has 14 rings (SSSR count). The minimum Gasteiger partial charge on any atom is -0.0622 e. The summed E-state index contributed by atoms with van der Waals surface area (Å²) in [5.74, 6) is 0. The first-order chi connectivity index (χ1) is 37.7. The SMILES string of the molecule is c1ccc(-c2cc(-c3ccccc3)cc(-c3c4ccccc4c(-c4cc(-c5ccccc5)cc(-c5ccccc5)c4)c4cc(-c5ccc(-c6c7ccccc7c(-c7ccccc7)c7ccccc67)cc5)ccc34)c2)cc1. The van der Waals surface area contributed by atoms with Crippen molar-refractivity contribution in [3.63, 3.8) is 0 Å². The Hall–Kier alpha value is -9.88. The zero-order valence-corrected chi connectivity index (χ0v) is 41.9. The standard InChI is InChI=1S/C76H50/c1-6-22-51(23-7-1)59-44-60(52-24-8-2-9-25-52)47-63(46-59)75-69-36-20-21-37-70(69)76(64-48-61(53-26-10-3-11-27-53)45-62(49-64)54-28-12-4-13-29-54)72-50-58(42-43-71(72)75)55-38-40-57(41-39-55)74-67-34-18-16-32-65(67)73(56-30-14-5-15-31-56)66-33-17-19-35-68(66)74/h1-50H. The highest BCUT2D eigenvalue weighted by atomic mass is 14.2. The zero-order valence-electron chi connectivity index (χ0n) is 41.9. The zero-order chi connectivity index (χ0) is 50.4. The molecule has 0 aliphatic heterocycles. The Labute approximate surface area is 444 Å². The van der Waals surface area contributed by atoms with E-state index in [1.807, 2.05) is 0 Å². The van der Waals surface area contributed by atoms with Crippen LogP contribution in [0.3, 0.4) is 0 Å². The van der Waals surface area contributed by atoms with E-state index in [4.69, 9.17) is 0 Å². The molecule has 0 saturated carbocycles.